The van der Waals surface area contributed by atoms with Gasteiger partial charge in [-0.3, -0.25) is 4.79 Å². The molecule has 0 radical (unpaired) electrons. The third-order valence-corrected chi connectivity index (χ3v) is 3.62. The Balaban J connectivity index is 2.02. The molecule has 0 aromatic heterocycles. The lowest BCUT2D eigenvalue weighted by Crippen LogP contribution is -2.33. The van der Waals surface area contributed by atoms with Crippen molar-refractivity contribution in [2.24, 2.45) is 11.8 Å². The molecule has 21 heavy (non-hydrogen) atoms. The Bertz CT molecular complexity index is 564. The van der Waals surface area contributed by atoms with Gasteiger partial charge in [-0.05, 0) is 18.1 Å². The molecule has 2 N–H and O–H groups in total. The number of aliphatic carboxylic acids is 1. The molecule has 0 unspecified atom stereocenters. The molecule has 0 spiro atoms. The van der Waals surface area contributed by atoms with Crippen molar-refractivity contribution in [2.45, 2.75) is 6.92 Å². The van der Waals surface area contributed by atoms with Gasteiger partial charge < -0.3 is 20.1 Å². The largest absolute Gasteiger partial charge is 0.494 e. The van der Waals surface area contributed by atoms with E-state index in [4.69, 9.17) is 9.84 Å². The maximum absolute atomic E-state index is 13.5. The Morgan fingerprint density at radius 1 is 1.43 bits per heavy atom. The number of ether oxygens (including phenoxy) is 1. The van der Waals surface area contributed by atoms with Gasteiger partial charge in [0.25, 0.3) is 0 Å². The standard InChI is InChI=1S/C14H17FN2O4/c1-8-6-17(7-10(8)13(18)19)14(20)16-9-3-4-12(21-2)11(15)5-9/h3-5,8,10H,6-7H2,1-2H3,(H,16,20)(H,18,19)/t8-,10-/m1/s1. The summed E-state index contributed by atoms with van der Waals surface area (Å²) in [5.74, 6) is -2.07. The van der Waals surface area contributed by atoms with Crippen LogP contribution >= 0.6 is 0 Å². The predicted molar refractivity (Wildman–Crippen MR) is 73.8 cm³/mol. The number of hydrogen-bond donors (Lipinski definition) is 2. The highest BCUT2D eigenvalue weighted by atomic mass is 19.1. The van der Waals surface area contributed by atoms with E-state index in [1.165, 1.54) is 24.1 Å². The van der Waals surface area contributed by atoms with Crippen LogP contribution in [0.4, 0.5) is 14.9 Å². The van der Waals surface area contributed by atoms with Crippen molar-refractivity contribution >= 4 is 17.7 Å². The molecule has 1 fully saturated rings. The number of carboxylic acids is 1. The molecule has 0 aliphatic carbocycles. The zero-order valence-corrected chi connectivity index (χ0v) is 11.8. The number of likely N-dealkylation sites (tertiary alicyclic amines) is 1. The molecule has 114 valence electrons. The summed E-state index contributed by atoms with van der Waals surface area (Å²) < 4.78 is 18.3. The maximum Gasteiger partial charge on any atom is 0.321 e. The second-order valence-corrected chi connectivity index (χ2v) is 5.11. The van der Waals surface area contributed by atoms with E-state index in [0.29, 0.717) is 12.2 Å². The van der Waals surface area contributed by atoms with E-state index in [0.717, 1.165) is 6.07 Å². The molecule has 2 amide bonds. The minimum absolute atomic E-state index is 0.0914. The molecule has 1 saturated heterocycles. The molecule has 0 saturated carbocycles. The second kappa shape index (κ2) is 5.99. The van der Waals surface area contributed by atoms with Crippen LogP contribution in [0, 0.1) is 17.7 Å². The van der Waals surface area contributed by atoms with E-state index in [2.05, 4.69) is 5.32 Å². The number of hydrogen-bond acceptors (Lipinski definition) is 3. The molecule has 6 nitrogen and oxygen atoms in total. The van der Waals surface area contributed by atoms with Gasteiger partial charge in [0.05, 0.1) is 13.0 Å². The fraction of sp³-hybridized carbons (Fsp3) is 0.429. The molecule has 1 aliphatic rings. The molecule has 1 heterocycles. The first kappa shape index (κ1) is 15.1. The highest BCUT2D eigenvalue weighted by Crippen LogP contribution is 2.25. The van der Waals surface area contributed by atoms with Crippen LogP contribution in [-0.2, 0) is 4.79 Å². The highest BCUT2D eigenvalue weighted by Gasteiger charge is 2.36. The van der Waals surface area contributed by atoms with E-state index in [9.17, 15) is 14.0 Å². The van der Waals surface area contributed by atoms with Gasteiger partial charge in [0.2, 0.25) is 0 Å². The Hall–Kier alpha value is -2.31. The molecular weight excluding hydrogens is 279 g/mol. The SMILES string of the molecule is COc1ccc(NC(=O)N2C[C@@H](C)[C@H](C(=O)O)C2)cc1F. The Morgan fingerprint density at radius 3 is 2.67 bits per heavy atom. The third-order valence-electron chi connectivity index (χ3n) is 3.62. The summed E-state index contributed by atoms with van der Waals surface area (Å²) in [4.78, 5) is 24.5. The quantitative estimate of drug-likeness (QED) is 0.894. The number of carboxylic acid groups (broad SMARTS) is 1. The van der Waals surface area contributed by atoms with Crippen LogP contribution in [0.1, 0.15) is 6.92 Å². The summed E-state index contributed by atoms with van der Waals surface area (Å²) in [6.07, 6.45) is 0. The van der Waals surface area contributed by atoms with Gasteiger partial charge in [-0.15, -0.1) is 0 Å². The molecule has 2 atom stereocenters. The van der Waals surface area contributed by atoms with Crippen molar-refractivity contribution in [1.82, 2.24) is 4.90 Å². The molecule has 0 bridgehead atoms. The number of anilines is 1. The summed E-state index contributed by atoms with van der Waals surface area (Å²) in [5.41, 5.74) is 0.296. The molecule has 7 heteroatoms. The van der Waals surface area contributed by atoms with Crippen LogP contribution in [-0.4, -0.2) is 42.2 Å². The van der Waals surface area contributed by atoms with Gasteiger partial charge >= 0.3 is 12.0 Å². The van der Waals surface area contributed by atoms with Gasteiger partial charge in [0, 0.05) is 24.8 Å². The van der Waals surface area contributed by atoms with Gasteiger partial charge in [-0.1, -0.05) is 6.92 Å². The molecular formula is C14H17FN2O4. The van der Waals surface area contributed by atoms with E-state index in [1.54, 1.807) is 6.92 Å². The number of carbonyl (C=O) groups excluding carboxylic acids is 1. The fourth-order valence-electron chi connectivity index (χ4n) is 2.40. The number of urea groups is 1. The minimum Gasteiger partial charge on any atom is -0.494 e. The number of carbonyl (C=O) groups is 2. The Kier molecular flexibility index (Phi) is 4.30. The van der Waals surface area contributed by atoms with Gasteiger partial charge in [0.15, 0.2) is 11.6 Å². The van der Waals surface area contributed by atoms with Gasteiger partial charge in [-0.2, -0.15) is 0 Å². The number of rotatable bonds is 3. The van der Waals surface area contributed by atoms with Crippen LogP contribution in [0.5, 0.6) is 5.75 Å². The fourth-order valence-corrected chi connectivity index (χ4v) is 2.40. The summed E-state index contributed by atoms with van der Waals surface area (Å²) >= 11 is 0. The lowest BCUT2D eigenvalue weighted by molar-refractivity contribution is -0.142. The first-order chi connectivity index (χ1) is 9.92. The predicted octanol–water partition coefficient (Wildman–Crippen LogP) is 2.02. The Morgan fingerprint density at radius 2 is 2.14 bits per heavy atom. The summed E-state index contributed by atoms with van der Waals surface area (Å²) in [6, 6.07) is 3.66. The van der Waals surface area contributed by atoms with Gasteiger partial charge in [0.1, 0.15) is 0 Å². The van der Waals surface area contributed by atoms with Crippen LogP contribution in [0.15, 0.2) is 18.2 Å². The lowest BCUT2D eigenvalue weighted by Gasteiger charge is -2.17. The zero-order valence-electron chi connectivity index (χ0n) is 11.8. The van der Waals surface area contributed by atoms with E-state index in [1.807, 2.05) is 0 Å². The van der Waals surface area contributed by atoms with Crippen LogP contribution in [0.3, 0.4) is 0 Å². The first-order valence-corrected chi connectivity index (χ1v) is 6.54. The monoisotopic (exact) mass is 296 g/mol. The molecule has 1 aromatic carbocycles. The lowest BCUT2D eigenvalue weighted by atomic mass is 9.99. The first-order valence-electron chi connectivity index (χ1n) is 6.54. The normalized spacial score (nSPS) is 21.2. The van der Waals surface area contributed by atoms with Crippen LogP contribution in [0.2, 0.25) is 0 Å². The second-order valence-electron chi connectivity index (χ2n) is 5.11. The average molecular weight is 296 g/mol. The van der Waals surface area contributed by atoms with Crippen molar-refractivity contribution < 1.29 is 23.8 Å². The number of nitrogens with zero attached hydrogens (tertiary/aromatic N) is 1. The van der Waals surface area contributed by atoms with Crippen molar-refractivity contribution in [3.8, 4) is 5.75 Å². The maximum atomic E-state index is 13.5. The number of nitrogens with one attached hydrogen (secondary N) is 1. The third kappa shape index (κ3) is 3.24. The highest BCUT2D eigenvalue weighted by molar-refractivity contribution is 5.90. The molecule has 2 rings (SSSR count). The Labute approximate surface area is 121 Å². The topological polar surface area (TPSA) is 78.9 Å². The van der Waals surface area contributed by atoms with Crippen LogP contribution < -0.4 is 10.1 Å². The van der Waals surface area contributed by atoms with Gasteiger partial charge in [-0.25, -0.2) is 9.18 Å². The van der Waals surface area contributed by atoms with Crippen molar-refractivity contribution in [2.75, 3.05) is 25.5 Å². The molecule has 1 aromatic rings. The number of halogens is 1. The van der Waals surface area contributed by atoms with E-state index >= 15 is 0 Å². The smallest absolute Gasteiger partial charge is 0.321 e. The minimum atomic E-state index is -0.909. The molecule has 1 aliphatic heterocycles. The van der Waals surface area contributed by atoms with Crippen molar-refractivity contribution in [3.05, 3.63) is 24.0 Å². The number of benzene rings is 1. The number of methoxy groups -OCH3 is 1. The summed E-state index contributed by atoms with van der Waals surface area (Å²) in [5, 5.41) is 11.6. The van der Waals surface area contributed by atoms with Crippen LogP contribution in [0.25, 0.3) is 0 Å². The summed E-state index contributed by atoms with van der Waals surface area (Å²) in [7, 11) is 1.36. The number of amides is 2. The summed E-state index contributed by atoms with van der Waals surface area (Å²) in [6.45, 7) is 2.31. The van der Waals surface area contributed by atoms with E-state index < -0.39 is 23.7 Å². The zero-order chi connectivity index (χ0) is 15.6. The van der Waals surface area contributed by atoms with E-state index in [-0.39, 0.29) is 18.2 Å². The van der Waals surface area contributed by atoms with Crippen molar-refractivity contribution in [1.29, 1.82) is 0 Å². The van der Waals surface area contributed by atoms with Crippen molar-refractivity contribution in [3.63, 3.8) is 0 Å². The average Bonchev–Trinajstić information content (AvgIpc) is 2.81.